The van der Waals surface area contributed by atoms with E-state index in [4.69, 9.17) is 14.8 Å². The Morgan fingerprint density at radius 3 is 2.10 bits per heavy atom. The number of methoxy groups -OCH3 is 1. The van der Waals surface area contributed by atoms with E-state index in [9.17, 15) is 0 Å². The highest BCUT2D eigenvalue weighted by Gasteiger charge is 2.21. The Hall–Kier alpha value is -3.14. The maximum atomic E-state index is 5.33. The molecule has 148 valence electrons. The molecule has 0 fully saturated rings. The standard InChI is InChI=1S/C25H27N3O/c1-16(2)21-15-22(17(3)4)28-25(26-21)23(18-9-7-6-8-10-18)24(27-28)19-11-13-20(29-5)14-12-19/h6-17H,1-5H3. The summed E-state index contributed by atoms with van der Waals surface area (Å²) in [7, 11) is 1.68. The number of nitrogens with zero attached hydrogens (tertiary/aromatic N) is 3. The Kier molecular flexibility index (Phi) is 5.10. The molecule has 0 amide bonds. The molecule has 0 spiro atoms. The second kappa shape index (κ2) is 7.70. The third-order valence-corrected chi connectivity index (χ3v) is 5.25. The number of aromatic nitrogens is 3. The number of fused-ring (bicyclic) bond motifs is 1. The highest BCUT2D eigenvalue weighted by molar-refractivity contribution is 5.90. The molecule has 0 unspecified atom stereocenters. The van der Waals surface area contributed by atoms with E-state index in [1.54, 1.807) is 7.11 Å². The first-order valence-electron chi connectivity index (χ1n) is 10.1. The number of ether oxygens (including phenoxy) is 1. The van der Waals surface area contributed by atoms with Crippen molar-refractivity contribution in [1.29, 1.82) is 0 Å². The van der Waals surface area contributed by atoms with Gasteiger partial charge in [-0.2, -0.15) is 5.10 Å². The summed E-state index contributed by atoms with van der Waals surface area (Å²) in [5, 5.41) is 5.05. The van der Waals surface area contributed by atoms with E-state index in [1.165, 1.54) is 5.69 Å². The van der Waals surface area contributed by atoms with Crippen molar-refractivity contribution in [2.24, 2.45) is 0 Å². The molecule has 29 heavy (non-hydrogen) atoms. The summed E-state index contributed by atoms with van der Waals surface area (Å²) in [4.78, 5) is 5.05. The first-order chi connectivity index (χ1) is 14.0. The molecule has 4 rings (SSSR count). The van der Waals surface area contributed by atoms with Gasteiger partial charge in [0.1, 0.15) is 11.4 Å². The van der Waals surface area contributed by atoms with Gasteiger partial charge < -0.3 is 4.74 Å². The molecule has 0 aliphatic rings. The number of benzene rings is 2. The fraction of sp³-hybridized carbons (Fsp3) is 0.280. The van der Waals surface area contributed by atoms with Crippen LogP contribution < -0.4 is 4.74 Å². The monoisotopic (exact) mass is 385 g/mol. The van der Waals surface area contributed by atoms with Gasteiger partial charge in [-0.3, -0.25) is 0 Å². The predicted octanol–water partition coefficient (Wildman–Crippen LogP) is 6.32. The van der Waals surface area contributed by atoms with Gasteiger partial charge >= 0.3 is 0 Å². The van der Waals surface area contributed by atoms with Crippen LogP contribution in [0.25, 0.3) is 28.0 Å². The molecule has 0 aliphatic heterocycles. The summed E-state index contributed by atoms with van der Waals surface area (Å²) in [6.45, 7) is 8.78. The second-order valence-corrected chi connectivity index (χ2v) is 7.97. The van der Waals surface area contributed by atoms with E-state index in [-0.39, 0.29) is 0 Å². The van der Waals surface area contributed by atoms with Crippen LogP contribution in [0.5, 0.6) is 5.75 Å². The molecule has 0 radical (unpaired) electrons. The van der Waals surface area contributed by atoms with Gasteiger partial charge in [-0.25, -0.2) is 9.50 Å². The lowest BCUT2D eigenvalue weighted by Crippen LogP contribution is -2.06. The molecule has 0 saturated heterocycles. The summed E-state index contributed by atoms with van der Waals surface area (Å²) in [5.74, 6) is 1.52. The highest BCUT2D eigenvalue weighted by Crippen LogP contribution is 2.37. The lowest BCUT2D eigenvalue weighted by molar-refractivity contribution is 0.415. The zero-order chi connectivity index (χ0) is 20.5. The Balaban J connectivity index is 2.07. The van der Waals surface area contributed by atoms with Gasteiger partial charge in [0.05, 0.1) is 12.7 Å². The van der Waals surface area contributed by atoms with Gasteiger partial charge in [0, 0.05) is 17.0 Å². The Morgan fingerprint density at radius 2 is 1.52 bits per heavy atom. The van der Waals surface area contributed by atoms with Gasteiger partial charge in [-0.1, -0.05) is 58.0 Å². The molecule has 2 aromatic heterocycles. The largest absolute Gasteiger partial charge is 0.497 e. The molecule has 0 bridgehead atoms. The van der Waals surface area contributed by atoms with Crippen molar-refractivity contribution in [1.82, 2.24) is 14.6 Å². The van der Waals surface area contributed by atoms with E-state index in [0.29, 0.717) is 11.8 Å². The minimum atomic E-state index is 0.338. The first-order valence-corrected chi connectivity index (χ1v) is 10.1. The van der Waals surface area contributed by atoms with Crippen molar-refractivity contribution in [3.05, 3.63) is 72.1 Å². The molecule has 0 aliphatic carbocycles. The van der Waals surface area contributed by atoms with E-state index < -0.39 is 0 Å². The predicted molar refractivity (Wildman–Crippen MR) is 119 cm³/mol. The lowest BCUT2D eigenvalue weighted by Gasteiger charge is -2.13. The van der Waals surface area contributed by atoms with Crippen LogP contribution in [0.15, 0.2) is 60.7 Å². The Labute approximate surface area is 172 Å². The van der Waals surface area contributed by atoms with Crippen LogP contribution in [0.3, 0.4) is 0 Å². The molecule has 4 aromatic rings. The summed E-state index contributed by atoms with van der Waals surface area (Å²) in [6, 6.07) is 20.7. The van der Waals surface area contributed by atoms with Crippen LogP contribution in [0.4, 0.5) is 0 Å². The number of hydrogen-bond donors (Lipinski definition) is 0. The average molecular weight is 386 g/mol. The van der Waals surface area contributed by atoms with E-state index in [2.05, 4.69) is 70.2 Å². The van der Waals surface area contributed by atoms with E-state index in [1.807, 2.05) is 22.7 Å². The smallest absolute Gasteiger partial charge is 0.164 e. The third-order valence-electron chi connectivity index (χ3n) is 5.25. The Bertz CT molecular complexity index is 1130. The van der Waals surface area contributed by atoms with Gasteiger partial charge in [-0.05, 0) is 47.7 Å². The summed E-state index contributed by atoms with van der Waals surface area (Å²) < 4.78 is 7.36. The Morgan fingerprint density at radius 1 is 0.828 bits per heavy atom. The van der Waals surface area contributed by atoms with Gasteiger partial charge in [0.15, 0.2) is 5.65 Å². The van der Waals surface area contributed by atoms with Crippen LogP contribution in [-0.2, 0) is 0 Å². The van der Waals surface area contributed by atoms with Gasteiger partial charge in [-0.15, -0.1) is 0 Å². The third kappa shape index (κ3) is 3.51. The lowest BCUT2D eigenvalue weighted by atomic mass is 10.0. The minimum absolute atomic E-state index is 0.338. The zero-order valence-electron chi connectivity index (χ0n) is 17.7. The number of rotatable bonds is 5. The second-order valence-electron chi connectivity index (χ2n) is 7.97. The number of hydrogen-bond acceptors (Lipinski definition) is 3. The molecule has 2 aromatic carbocycles. The summed E-state index contributed by atoms with van der Waals surface area (Å²) in [6.07, 6.45) is 0. The molecule has 0 N–H and O–H groups in total. The van der Waals surface area contributed by atoms with Crippen molar-refractivity contribution >= 4 is 5.65 Å². The van der Waals surface area contributed by atoms with Crippen LogP contribution in [0.1, 0.15) is 50.9 Å². The summed E-state index contributed by atoms with van der Waals surface area (Å²) in [5.41, 5.74) is 7.37. The van der Waals surface area contributed by atoms with Crippen molar-refractivity contribution < 1.29 is 4.74 Å². The molecule has 0 saturated carbocycles. The fourth-order valence-electron chi connectivity index (χ4n) is 3.59. The van der Waals surface area contributed by atoms with Crippen LogP contribution in [0.2, 0.25) is 0 Å². The van der Waals surface area contributed by atoms with Crippen LogP contribution in [-0.4, -0.2) is 21.7 Å². The SMILES string of the molecule is COc1ccc(-c2nn3c(C(C)C)cc(C(C)C)nc3c2-c2ccccc2)cc1. The van der Waals surface area contributed by atoms with Crippen molar-refractivity contribution in [3.8, 4) is 28.1 Å². The maximum Gasteiger partial charge on any atom is 0.164 e. The van der Waals surface area contributed by atoms with Crippen molar-refractivity contribution in [3.63, 3.8) is 0 Å². The molecule has 4 heteroatoms. The normalized spacial score (nSPS) is 11.6. The van der Waals surface area contributed by atoms with Gasteiger partial charge in [0.25, 0.3) is 0 Å². The molecular formula is C25H27N3O. The fourth-order valence-corrected chi connectivity index (χ4v) is 3.59. The van der Waals surface area contributed by atoms with Crippen molar-refractivity contribution in [2.45, 2.75) is 39.5 Å². The van der Waals surface area contributed by atoms with Gasteiger partial charge in [0.2, 0.25) is 0 Å². The zero-order valence-corrected chi connectivity index (χ0v) is 17.7. The van der Waals surface area contributed by atoms with Crippen molar-refractivity contribution in [2.75, 3.05) is 7.11 Å². The summed E-state index contributed by atoms with van der Waals surface area (Å²) >= 11 is 0. The van der Waals surface area contributed by atoms with E-state index >= 15 is 0 Å². The highest BCUT2D eigenvalue weighted by atomic mass is 16.5. The van der Waals surface area contributed by atoms with Crippen LogP contribution in [0, 0.1) is 0 Å². The maximum absolute atomic E-state index is 5.33. The average Bonchev–Trinajstić information content (AvgIpc) is 3.13. The molecule has 2 heterocycles. The molecule has 0 atom stereocenters. The van der Waals surface area contributed by atoms with Crippen LogP contribution >= 0.6 is 0 Å². The van der Waals surface area contributed by atoms with E-state index in [0.717, 1.165) is 39.5 Å². The quantitative estimate of drug-likeness (QED) is 0.403. The molecular weight excluding hydrogens is 358 g/mol. The first kappa shape index (κ1) is 19.2. The topological polar surface area (TPSA) is 39.4 Å². The minimum Gasteiger partial charge on any atom is -0.497 e. The molecule has 4 nitrogen and oxygen atoms in total.